The van der Waals surface area contributed by atoms with Gasteiger partial charge in [-0.2, -0.15) is 0 Å². The minimum atomic E-state index is -0.742. The van der Waals surface area contributed by atoms with Crippen LogP contribution in [0.25, 0.3) is 0 Å². The second-order valence-electron chi connectivity index (χ2n) is 7.40. The molecule has 2 aromatic rings. The number of hydrogen-bond acceptors (Lipinski definition) is 4. The molecule has 0 saturated carbocycles. The zero-order chi connectivity index (χ0) is 22.1. The van der Waals surface area contributed by atoms with Crippen LogP contribution in [0.4, 0.5) is 0 Å². The van der Waals surface area contributed by atoms with E-state index in [4.69, 9.17) is 4.74 Å². The summed E-state index contributed by atoms with van der Waals surface area (Å²) >= 11 is 0. The maximum absolute atomic E-state index is 12.5. The van der Waals surface area contributed by atoms with Gasteiger partial charge in [0.05, 0.1) is 13.7 Å². The lowest BCUT2D eigenvalue weighted by Gasteiger charge is -2.21. The summed E-state index contributed by atoms with van der Waals surface area (Å²) in [5.41, 5.74) is 2.45. The highest BCUT2D eigenvalue weighted by Crippen LogP contribution is 2.11. The highest BCUT2D eigenvalue weighted by molar-refractivity contribution is 5.98. The first kappa shape index (κ1) is 22.9. The summed E-state index contributed by atoms with van der Waals surface area (Å²) in [5, 5.41) is 8.10. The molecule has 0 fully saturated rings. The highest BCUT2D eigenvalue weighted by Gasteiger charge is 2.25. The van der Waals surface area contributed by atoms with Crippen molar-refractivity contribution < 1.29 is 19.1 Å². The number of nitrogens with one attached hydrogen (secondary N) is 3. The van der Waals surface area contributed by atoms with Gasteiger partial charge in [0, 0.05) is 12.1 Å². The topological polar surface area (TPSA) is 96.5 Å². The van der Waals surface area contributed by atoms with Gasteiger partial charge in [-0.05, 0) is 42.7 Å². The molecule has 0 aromatic heterocycles. The second kappa shape index (κ2) is 11.0. The lowest BCUT2D eigenvalue weighted by atomic mass is 10.0. The summed E-state index contributed by atoms with van der Waals surface area (Å²) in [5.74, 6) is -0.434. The molecule has 0 heterocycles. The van der Waals surface area contributed by atoms with Gasteiger partial charge in [0.1, 0.15) is 11.8 Å². The third-order valence-corrected chi connectivity index (χ3v) is 4.62. The third-order valence-electron chi connectivity index (χ3n) is 4.62. The van der Waals surface area contributed by atoms with Crippen LogP contribution < -0.4 is 20.7 Å². The van der Waals surface area contributed by atoms with Gasteiger partial charge < -0.3 is 20.7 Å². The number of carbonyl (C=O) groups is 3. The van der Waals surface area contributed by atoms with Crippen molar-refractivity contribution in [3.8, 4) is 5.75 Å². The minimum Gasteiger partial charge on any atom is -0.497 e. The Labute approximate surface area is 177 Å². The first-order valence-corrected chi connectivity index (χ1v) is 9.85. The largest absolute Gasteiger partial charge is 0.497 e. The summed E-state index contributed by atoms with van der Waals surface area (Å²) in [6, 6.07) is 13.7. The predicted octanol–water partition coefficient (Wildman–Crippen LogP) is 2.19. The molecule has 160 valence electrons. The van der Waals surface area contributed by atoms with Crippen LogP contribution in [0.15, 0.2) is 48.5 Å². The van der Waals surface area contributed by atoms with Crippen LogP contribution in [0.3, 0.4) is 0 Å². The third kappa shape index (κ3) is 6.92. The lowest BCUT2D eigenvalue weighted by molar-refractivity contribution is -0.127. The van der Waals surface area contributed by atoms with Crippen LogP contribution in [0.1, 0.15) is 35.3 Å². The van der Waals surface area contributed by atoms with Gasteiger partial charge >= 0.3 is 0 Å². The molecular formula is C23H29N3O4. The summed E-state index contributed by atoms with van der Waals surface area (Å²) in [6.45, 7) is 5.79. The van der Waals surface area contributed by atoms with Crippen LogP contribution in [0.2, 0.25) is 0 Å². The molecule has 2 rings (SSSR count). The minimum absolute atomic E-state index is 0.137. The smallest absolute Gasteiger partial charge is 0.251 e. The van der Waals surface area contributed by atoms with E-state index in [-0.39, 0.29) is 24.3 Å². The predicted molar refractivity (Wildman–Crippen MR) is 115 cm³/mol. The normalized spacial score (nSPS) is 11.5. The fourth-order valence-corrected chi connectivity index (χ4v) is 2.75. The molecule has 0 aliphatic heterocycles. The number of benzene rings is 2. The fourth-order valence-electron chi connectivity index (χ4n) is 2.75. The monoisotopic (exact) mass is 411 g/mol. The molecule has 0 aliphatic rings. The quantitative estimate of drug-likeness (QED) is 0.589. The lowest BCUT2D eigenvalue weighted by Crippen LogP contribution is -2.51. The number of rotatable bonds is 9. The highest BCUT2D eigenvalue weighted by atomic mass is 16.5. The Morgan fingerprint density at radius 2 is 1.57 bits per heavy atom. The molecule has 3 N–H and O–H groups in total. The molecular weight excluding hydrogens is 382 g/mol. The van der Waals surface area contributed by atoms with Crippen molar-refractivity contribution >= 4 is 17.7 Å². The maximum atomic E-state index is 12.5. The summed E-state index contributed by atoms with van der Waals surface area (Å²) < 4.78 is 5.10. The van der Waals surface area contributed by atoms with Gasteiger partial charge in [-0.25, -0.2) is 0 Å². The average Bonchev–Trinajstić information content (AvgIpc) is 2.74. The number of amides is 3. The average molecular weight is 412 g/mol. The Kier molecular flexibility index (Phi) is 8.41. The molecule has 3 amide bonds. The fraction of sp³-hybridized carbons (Fsp3) is 0.348. The number of hydrogen-bond donors (Lipinski definition) is 3. The molecule has 30 heavy (non-hydrogen) atoms. The van der Waals surface area contributed by atoms with Crippen molar-refractivity contribution in [2.75, 3.05) is 13.7 Å². The van der Waals surface area contributed by atoms with E-state index in [1.165, 1.54) is 0 Å². The molecule has 0 radical (unpaired) electrons. The summed E-state index contributed by atoms with van der Waals surface area (Å²) in [6.07, 6.45) is 0. The molecule has 0 bridgehead atoms. The van der Waals surface area contributed by atoms with E-state index in [2.05, 4.69) is 16.0 Å². The number of methoxy groups -OCH3 is 1. The van der Waals surface area contributed by atoms with E-state index < -0.39 is 11.9 Å². The Hall–Kier alpha value is -3.35. The molecule has 7 heteroatoms. The van der Waals surface area contributed by atoms with Crippen LogP contribution >= 0.6 is 0 Å². The van der Waals surface area contributed by atoms with E-state index in [1.807, 2.05) is 57.2 Å². The van der Waals surface area contributed by atoms with Crippen LogP contribution in [-0.4, -0.2) is 37.4 Å². The van der Waals surface area contributed by atoms with E-state index in [0.29, 0.717) is 12.1 Å². The zero-order valence-corrected chi connectivity index (χ0v) is 17.8. The van der Waals surface area contributed by atoms with E-state index >= 15 is 0 Å². The Morgan fingerprint density at radius 1 is 0.933 bits per heavy atom. The first-order chi connectivity index (χ1) is 14.3. The number of ether oxygens (including phenoxy) is 1. The summed E-state index contributed by atoms with van der Waals surface area (Å²) in [4.78, 5) is 37.0. The van der Waals surface area contributed by atoms with E-state index in [1.54, 1.807) is 19.2 Å². The van der Waals surface area contributed by atoms with Gasteiger partial charge in [-0.1, -0.05) is 43.7 Å². The standard InChI is InChI=1S/C23H29N3O4/c1-15(2)21(26-22(28)18-9-5-16(3)6-10-18)23(29)25-14-20(27)24-13-17-7-11-19(30-4)12-8-17/h5-12,15,21H,13-14H2,1-4H3,(H,24,27)(H,25,29)(H,26,28). The molecule has 0 aliphatic carbocycles. The van der Waals surface area contributed by atoms with E-state index in [0.717, 1.165) is 16.9 Å². The van der Waals surface area contributed by atoms with Crippen LogP contribution in [0.5, 0.6) is 5.75 Å². The summed E-state index contributed by atoms with van der Waals surface area (Å²) in [7, 11) is 1.59. The first-order valence-electron chi connectivity index (χ1n) is 9.85. The van der Waals surface area contributed by atoms with Crippen LogP contribution in [0, 0.1) is 12.8 Å². The molecule has 2 aromatic carbocycles. The van der Waals surface area contributed by atoms with Gasteiger partial charge in [0.2, 0.25) is 11.8 Å². The van der Waals surface area contributed by atoms with Crippen molar-refractivity contribution in [1.29, 1.82) is 0 Å². The Bertz CT molecular complexity index is 861. The van der Waals surface area contributed by atoms with Crippen molar-refractivity contribution in [3.05, 3.63) is 65.2 Å². The second-order valence-corrected chi connectivity index (χ2v) is 7.40. The zero-order valence-electron chi connectivity index (χ0n) is 17.8. The maximum Gasteiger partial charge on any atom is 0.251 e. The molecule has 1 atom stereocenters. The Balaban J connectivity index is 1.84. The molecule has 1 unspecified atom stereocenters. The molecule has 0 spiro atoms. The van der Waals surface area contributed by atoms with Crippen molar-refractivity contribution in [2.45, 2.75) is 33.4 Å². The van der Waals surface area contributed by atoms with Gasteiger partial charge in [0.25, 0.3) is 5.91 Å². The van der Waals surface area contributed by atoms with Crippen molar-refractivity contribution in [2.24, 2.45) is 5.92 Å². The molecule has 7 nitrogen and oxygen atoms in total. The van der Waals surface area contributed by atoms with Gasteiger partial charge in [-0.3, -0.25) is 14.4 Å². The van der Waals surface area contributed by atoms with Gasteiger partial charge in [0.15, 0.2) is 0 Å². The van der Waals surface area contributed by atoms with Crippen molar-refractivity contribution in [1.82, 2.24) is 16.0 Å². The van der Waals surface area contributed by atoms with Gasteiger partial charge in [-0.15, -0.1) is 0 Å². The van der Waals surface area contributed by atoms with E-state index in [9.17, 15) is 14.4 Å². The molecule has 0 saturated heterocycles. The number of carbonyl (C=O) groups excluding carboxylic acids is 3. The number of aryl methyl sites for hydroxylation is 1. The van der Waals surface area contributed by atoms with Crippen molar-refractivity contribution in [3.63, 3.8) is 0 Å². The Morgan fingerprint density at radius 3 is 2.13 bits per heavy atom. The SMILES string of the molecule is COc1ccc(CNC(=O)CNC(=O)C(NC(=O)c2ccc(C)cc2)C(C)C)cc1. The van der Waals surface area contributed by atoms with Crippen LogP contribution in [-0.2, 0) is 16.1 Å².